The van der Waals surface area contributed by atoms with Crippen LogP contribution in [0.2, 0.25) is 0 Å². The number of nitro benzene ring substituents is 2. The summed E-state index contributed by atoms with van der Waals surface area (Å²) >= 11 is 0. The molecular formula is C49H52N4O14. The molecule has 0 radical (unpaired) electrons. The number of aliphatic hydroxyl groups is 2. The normalized spacial score (nSPS) is 22.7. The van der Waals surface area contributed by atoms with Crippen molar-refractivity contribution in [3.05, 3.63) is 146 Å². The zero-order chi connectivity index (χ0) is 47.1. The van der Waals surface area contributed by atoms with E-state index in [0.29, 0.717) is 72.6 Å². The highest BCUT2D eigenvalue weighted by atomic mass is 16.7. The first kappa shape index (κ1) is 46.5. The van der Waals surface area contributed by atoms with E-state index in [1.807, 2.05) is 0 Å². The summed E-state index contributed by atoms with van der Waals surface area (Å²) in [5.41, 5.74) is 2.90. The number of oxime groups is 1. The molecular weight excluding hydrogens is 869 g/mol. The number of allylic oxidation sites excluding steroid dienone is 1. The van der Waals surface area contributed by atoms with E-state index in [1.165, 1.54) is 47.4 Å². The van der Waals surface area contributed by atoms with Gasteiger partial charge in [-0.15, -0.1) is 6.58 Å². The number of fused-ring (bicyclic) bond motifs is 3. The number of nitro groups is 2. The van der Waals surface area contributed by atoms with Crippen LogP contribution in [0, 0.1) is 38.0 Å². The maximum Gasteiger partial charge on any atom is 0.416 e. The minimum Gasteiger partial charge on any atom is -0.508 e. The van der Waals surface area contributed by atoms with Crippen molar-refractivity contribution in [2.45, 2.75) is 75.8 Å². The monoisotopic (exact) mass is 920 g/mol. The quantitative estimate of drug-likeness (QED) is 0.0326. The summed E-state index contributed by atoms with van der Waals surface area (Å²) in [4.78, 5) is 44.6. The molecule has 0 aromatic heterocycles. The summed E-state index contributed by atoms with van der Waals surface area (Å²) in [7, 11) is 0. The first-order valence-electron chi connectivity index (χ1n) is 22.3. The number of aliphatic hydroxyl groups excluding tert-OH is 2. The molecule has 2 aliphatic carbocycles. The van der Waals surface area contributed by atoms with E-state index in [0.717, 1.165) is 11.1 Å². The number of nitrogens with zero attached hydrogens (tertiary/aromatic N) is 4. The van der Waals surface area contributed by atoms with E-state index in [-0.39, 0.29) is 80.9 Å². The zero-order valence-corrected chi connectivity index (χ0v) is 36.6. The van der Waals surface area contributed by atoms with Crippen LogP contribution in [0.4, 0.5) is 16.2 Å². The third kappa shape index (κ3) is 9.91. The molecule has 0 saturated heterocycles. The van der Waals surface area contributed by atoms with Gasteiger partial charge in [-0.25, -0.2) is 4.79 Å². The van der Waals surface area contributed by atoms with Gasteiger partial charge < -0.3 is 43.8 Å². The Labute approximate surface area is 385 Å². The SMILES string of the molecule is C=CCOC12Oc3ccc(O)cc3C3C(CCCCO)C(CCCCO)C=C(C(=NOCc4ccc([N+](=O)[O-])cc4)CC1N(Cc1ccc4c(c1)OCO4)C(=O)Oc1ccc([N+](=O)[O-])cc1)C32. The number of benzene rings is 4. The van der Waals surface area contributed by atoms with Gasteiger partial charge in [-0.2, -0.15) is 0 Å². The summed E-state index contributed by atoms with van der Waals surface area (Å²) in [6, 6.07) is 20.2. The van der Waals surface area contributed by atoms with E-state index in [2.05, 4.69) is 12.7 Å². The van der Waals surface area contributed by atoms with Crippen LogP contribution in [0.3, 0.4) is 0 Å². The van der Waals surface area contributed by atoms with E-state index < -0.39 is 39.6 Å². The van der Waals surface area contributed by atoms with Crippen molar-refractivity contribution >= 4 is 23.2 Å². The Morgan fingerprint density at radius 1 is 0.866 bits per heavy atom. The first-order chi connectivity index (χ1) is 32.5. The average Bonchev–Trinajstić information content (AvgIpc) is 3.80. The summed E-state index contributed by atoms with van der Waals surface area (Å²) in [6.45, 7) is 3.86. The summed E-state index contributed by atoms with van der Waals surface area (Å²) in [5, 5.41) is 58.6. The first-order valence-corrected chi connectivity index (χ1v) is 22.3. The third-order valence-electron chi connectivity index (χ3n) is 12.9. The molecule has 18 heteroatoms. The number of phenols is 1. The number of amides is 1. The van der Waals surface area contributed by atoms with E-state index in [4.69, 9.17) is 33.7 Å². The number of rotatable bonds is 20. The van der Waals surface area contributed by atoms with Crippen molar-refractivity contribution in [2.75, 3.05) is 26.6 Å². The second-order valence-corrected chi connectivity index (χ2v) is 16.9. The Bertz CT molecular complexity index is 2510. The molecule has 18 nitrogen and oxygen atoms in total. The number of aromatic hydroxyl groups is 1. The molecule has 6 unspecified atom stereocenters. The Balaban J connectivity index is 1.32. The van der Waals surface area contributed by atoms with Crippen LogP contribution in [0.5, 0.6) is 28.7 Å². The van der Waals surface area contributed by atoms with E-state index in [9.17, 15) is 35.5 Å². The van der Waals surface area contributed by atoms with E-state index >= 15 is 4.79 Å². The fraction of sp³-hybridized carbons (Fsp3) is 0.388. The number of carbonyl (C=O) groups is 1. The van der Waals surface area contributed by atoms with Gasteiger partial charge in [-0.05, 0) is 109 Å². The lowest BCUT2D eigenvalue weighted by Crippen LogP contribution is -2.70. The van der Waals surface area contributed by atoms with Gasteiger partial charge in [0.2, 0.25) is 12.6 Å². The molecule has 0 spiro atoms. The Kier molecular flexibility index (Phi) is 14.3. The van der Waals surface area contributed by atoms with Crippen LogP contribution in [0.1, 0.15) is 67.6 Å². The maximum absolute atomic E-state index is 15.1. The molecule has 1 fully saturated rings. The van der Waals surface area contributed by atoms with Gasteiger partial charge >= 0.3 is 6.09 Å². The lowest BCUT2D eigenvalue weighted by molar-refractivity contribution is -0.385. The number of phenolic OH excluding ortho intramolecular Hbond substituents is 1. The summed E-state index contributed by atoms with van der Waals surface area (Å²) in [6.07, 6.45) is 6.80. The van der Waals surface area contributed by atoms with Crippen LogP contribution in [0.15, 0.2) is 114 Å². The van der Waals surface area contributed by atoms with Crippen molar-refractivity contribution < 1.29 is 58.5 Å². The molecule has 4 aromatic rings. The third-order valence-corrected chi connectivity index (χ3v) is 12.9. The summed E-state index contributed by atoms with van der Waals surface area (Å²) in [5.74, 6) is -1.55. The van der Waals surface area contributed by atoms with E-state index in [1.54, 1.807) is 48.5 Å². The Hall–Kier alpha value is -7.02. The Morgan fingerprint density at radius 3 is 2.24 bits per heavy atom. The molecule has 67 heavy (non-hydrogen) atoms. The second-order valence-electron chi connectivity index (χ2n) is 16.9. The number of unbranched alkanes of at least 4 members (excludes halogenated alkanes) is 2. The fourth-order valence-electron chi connectivity index (χ4n) is 9.89. The van der Waals surface area contributed by atoms with Gasteiger partial charge in [0.15, 0.2) is 11.5 Å². The standard InChI is InChI=1S/C49H52N4O14/c1-2-23-64-49-45(51(28-32-11-19-43-44(24-32)63-30-62-43)48(57)66-37-17-14-35(15-18-37)53(60)61)27-41(50-65-29-31-9-12-34(13-10-31)52(58)59)39-25-33(7-3-5-21-54)38(8-4-6-22-55)46(47(39)49)40-26-36(56)16-20-42(40)67-49/h2,9-20,24-26,33,38,45-47,54-56H,1,3-8,21-23,27-30H2. The highest BCUT2D eigenvalue weighted by Gasteiger charge is 2.65. The molecule has 2 aliphatic heterocycles. The van der Waals surface area contributed by atoms with Crippen molar-refractivity contribution in [2.24, 2.45) is 22.9 Å². The highest BCUT2D eigenvalue weighted by molar-refractivity contribution is 6.03. The fourth-order valence-corrected chi connectivity index (χ4v) is 9.89. The van der Waals surface area contributed by atoms with Crippen LogP contribution >= 0.6 is 0 Å². The second kappa shape index (κ2) is 20.7. The maximum atomic E-state index is 15.1. The van der Waals surface area contributed by atoms with Crippen LogP contribution in [0.25, 0.3) is 0 Å². The van der Waals surface area contributed by atoms with Crippen molar-refractivity contribution in [1.82, 2.24) is 4.90 Å². The topological polar surface area (TPSA) is 235 Å². The van der Waals surface area contributed by atoms with Crippen molar-refractivity contribution in [3.63, 3.8) is 0 Å². The molecule has 1 saturated carbocycles. The van der Waals surface area contributed by atoms with Gasteiger partial charge in [-0.3, -0.25) is 25.1 Å². The molecule has 0 bridgehead atoms. The number of ether oxygens (including phenoxy) is 5. The predicted molar refractivity (Wildman–Crippen MR) is 242 cm³/mol. The molecule has 4 aromatic carbocycles. The lowest BCUT2D eigenvalue weighted by atomic mass is 9.55. The molecule has 2 heterocycles. The molecule has 352 valence electrons. The predicted octanol–water partition coefficient (Wildman–Crippen LogP) is 8.47. The van der Waals surface area contributed by atoms with Gasteiger partial charge in [0.25, 0.3) is 11.4 Å². The summed E-state index contributed by atoms with van der Waals surface area (Å²) < 4.78 is 31.6. The molecule has 8 rings (SSSR count). The molecule has 4 aliphatic rings. The van der Waals surface area contributed by atoms with Gasteiger partial charge in [0, 0.05) is 61.9 Å². The van der Waals surface area contributed by atoms with Crippen molar-refractivity contribution in [3.8, 4) is 28.7 Å². The van der Waals surface area contributed by atoms with Gasteiger partial charge in [-0.1, -0.05) is 36.2 Å². The molecule has 6 atom stereocenters. The zero-order valence-electron chi connectivity index (χ0n) is 36.6. The number of carbonyl (C=O) groups excluding carboxylic acids is 1. The average molecular weight is 921 g/mol. The van der Waals surface area contributed by atoms with Crippen LogP contribution in [-0.4, -0.2) is 80.3 Å². The highest BCUT2D eigenvalue weighted by Crippen LogP contribution is 2.62. The van der Waals surface area contributed by atoms with Crippen LogP contribution in [-0.2, 0) is 22.7 Å². The number of hydrogen-bond donors (Lipinski definition) is 3. The minimum absolute atomic E-state index is 0.000619. The van der Waals surface area contributed by atoms with Gasteiger partial charge in [0.05, 0.1) is 28.1 Å². The van der Waals surface area contributed by atoms with Crippen LogP contribution < -0.4 is 18.9 Å². The minimum atomic E-state index is -1.69. The number of non-ortho nitro benzene ring substituents is 2. The lowest BCUT2D eigenvalue weighted by Gasteiger charge is -2.59. The number of hydrogen-bond acceptors (Lipinski definition) is 15. The Morgan fingerprint density at radius 2 is 1.54 bits per heavy atom. The van der Waals surface area contributed by atoms with Crippen molar-refractivity contribution in [1.29, 1.82) is 0 Å². The van der Waals surface area contributed by atoms with Gasteiger partial charge in [0.1, 0.15) is 29.9 Å². The molecule has 3 N–H and O–H groups in total. The largest absolute Gasteiger partial charge is 0.508 e. The molecule has 1 amide bonds. The smallest absolute Gasteiger partial charge is 0.416 e.